The third-order valence-corrected chi connectivity index (χ3v) is 2.63. The SMILES string of the molecule is CCCOC(=O)c1cccc(Cl)c1C(=O)OCCC. The van der Waals surface area contributed by atoms with Crippen molar-refractivity contribution < 1.29 is 19.1 Å². The van der Waals surface area contributed by atoms with Crippen molar-refractivity contribution in [3.63, 3.8) is 0 Å². The third kappa shape index (κ3) is 4.24. The van der Waals surface area contributed by atoms with Crippen LogP contribution in [-0.4, -0.2) is 25.2 Å². The van der Waals surface area contributed by atoms with E-state index in [9.17, 15) is 9.59 Å². The zero-order valence-electron chi connectivity index (χ0n) is 11.1. The number of esters is 2. The first kappa shape index (κ1) is 15.5. The van der Waals surface area contributed by atoms with Crippen LogP contribution in [0, 0.1) is 0 Å². The summed E-state index contributed by atoms with van der Waals surface area (Å²) in [5, 5.41) is 0.187. The summed E-state index contributed by atoms with van der Waals surface area (Å²) >= 11 is 5.97. The van der Waals surface area contributed by atoms with Gasteiger partial charge in [-0.05, 0) is 25.0 Å². The van der Waals surface area contributed by atoms with E-state index >= 15 is 0 Å². The van der Waals surface area contributed by atoms with Gasteiger partial charge in [0.05, 0.1) is 29.4 Å². The van der Waals surface area contributed by atoms with Gasteiger partial charge in [0, 0.05) is 0 Å². The summed E-state index contributed by atoms with van der Waals surface area (Å²) in [5.74, 6) is -1.16. The predicted octanol–water partition coefficient (Wildman–Crippen LogP) is 3.47. The molecule has 1 rings (SSSR count). The van der Waals surface area contributed by atoms with Gasteiger partial charge in [0.2, 0.25) is 0 Å². The zero-order chi connectivity index (χ0) is 14.3. The lowest BCUT2D eigenvalue weighted by Gasteiger charge is -2.10. The molecule has 0 fully saturated rings. The van der Waals surface area contributed by atoms with Crippen molar-refractivity contribution in [2.24, 2.45) is 0 Å². The van der Waals surface area contributed by atoms with Crippen molar-refractivity contribution in [1.29, 1.82) is 0 Å². The Hall–Kier alpha value is -1.55. The van der Waals surface area contributed by atoms with E-state index in [0.717, 1.165) is 0 Å². The highest BCUT2D eigenvalue weighted by Gasteiger charge is 2.22. The van der Waals surface area contributed by atoms with Gasteiger partial charge in [-0.3, -0.25) is 0 Å². The Morgan fingerprint density at radius 1 is 1.05 bits per heavy atom. The number of carbonyl (C=O) groups is 2. The van der Waals surface area contributed by atoms with Crippen LogP contribution in [0.25, 0.3) is 0 Å². The van der Waals surface area contributed by atoms with Crippen LogP contribution in [-0.2, 0) is 9.47 Å². The quantitative estimate of drug-likeness (QED) is 0.751. The summed E-state index contributed by atoms with van der Waals surface area (Å²) in [6.45, 7) is 4.36. The molecule has 4 nitrogen and oxygen atoms in total. The summed E-state index contributed by atoms with van der Waals surface area (Å²) in [6, 6.07) is 4.65. The minimum atomic E-state index is -0.601. The molecular weight excluding hydrogens is 268 g/mol. The summed E-state index contributed by atoms with van der Waals surface area (Å²) in [6.07, 6.45) is 1.41. The van der Waals surface area contributed by atoms with E-state index in [0.29, 0.717) is 19.4 Å². The molecule has 0 saturated heterocycles. The maximum atomic E-state index is 11.9. The van der Waals surface area contributed by atoms with Crippen molar-refractivity contribution in [2.75, 3.05) is 13.2 Å². The highest BCUT2D eigenvalue weighted by molar-refractivity contribution is 6.34. The Balaban J connectivity index is 3.01. The van der Waals surface area contributed by atoms with Crippen molar-refractivity contribution in [3.8, 4) is 0 Å². The van der Waals surface area contributed by atoms with Crippen molar-refractivity contribution in [1.82, 2.24) is 0 Å². The van der Waals surface area contributed by atoms with E-state index < -0.39 is 11.9 Å². The van der Waals surface area contributed by atoms with E-state index in [2.05, 4.69) is 0 Å². The van der Waals surface area contributed by atoms with Crippen LogP contribution < -0.4 is 0 Å². The van der Waals surface area contributed by atoms with Gasteiger partial charge in [-0.15, -0.1) is 0 Å². The third-order valence-electron chi connectivity index (χ3n) is 2.31. The molecule has 0 aliphatic heterocycles. The van der Waals surface area contributed by atoms with E-state index in [1.807, 2.05) is 13.8 Å². The first-order valence-electron chi connectivity index (χ1n) is 6.24. The lowest BCUT2D eigenvalue weighted by atomic mass is 10.1. The molecule has 0 heterocycles. The van der Waals surface area contributed by atoms with Gasteiger partial charge in [0.15, 0.2) is 0 Å². The number of ether oxygens (including phenoxy) is 2. The Morgan fingerprint density at radius 2 is 1.63 bits per heavy atom. The lowest BCUT2D eigenvalue weighted by Crippen LogP contribution is -2.15. The Labute approximate surface area is 117 Å². The fourth-order valence-corrected chi connectivity index (χ4v) is 1.69. The second-order valence-corrected chi connectivity index (χ2v) is 4.34. The standard InChI is InChI=1S/C14H17ClO4/c1-3-8-18-13(16)10-6-5-7-11(15)12(10)14(17)19-9-4-2/h5-7H,3-4,8-9H2,1-2H3. The number of halogens is 1. The molecule has 19 heavy (non-hydrogen) atoms. The van der Waals surface area contributed by atoms with Crippen LogP contribution >= 0.6 is 11.6 Å². The topological polar surface area (TPSA) is 52.6 Å². The summed E-state index contributed by atoms with van der Waals surface area (Å²) < 4.78 is 10.0. The van der Waals surface area contributed by atoms with Crippen molar-refractivity contribution >= 4 is 23.5 Å². The van der Waals surface area contributed by atoms with Gasteiger partial charge < -0.3 is 9.47 Å². The predicted molar refractivity (Wildman–Crippen MR) is 72.6 cm³/mol. The molecule has 1 aromatic carbocycles. The van der Waals surface area contributed by atoms with Gasteiger partial charge in [-0.2, -0.15) is 0 Å². The number of rotatable bonds is 6. The summed E-state index contributed by atoms with van der Waals surface area (Å²) in [7, 11) is 0. The molecule has 0 saturated carbocycles. The van der Waals surface area contributed by atoms with Gasteiger partial charge in [0.25, 0.3) is 0 Å². The molecule has 0 spiro atoms. The Morgan fingerprint density at radius 3 is 2.21 bits per heavy atom. The second kappa shape index (κ2) is 7.79. The minimum Gasteiger partial charge on any atom is -0.462 e. The molecule has 0 bridgehead atoms. The van der Waals surface area contributed by atoms with Crippen LogP contribution in [0.3, 0.4) is 0 Å². The van der Waals surface area contributed by atoms with Gasteiger partial charge in [0.1, 0.15) is 0 Å². The maximum absolute atomic E-state index is 11.9. The van der Waals surface area contributed by atoms with Crippen molar-refractivity contribution in [2.45, 2.75) is 26.7 Å². The molecule has 0 unspecified atom stereocenters. The molecule has 104 valence electrons. The van der Waals surface area contributed by atoms with E-state index in [1.54, 1.807) is 12.1 Å². The largest absolute Gasteiger partial charge is 0.462 e. The average Bonchev–Trinajstić information content (AvgIpc) is 2.41. The number of hydrogen-bond donors (Lipinski definition) is 0. The van der Waals surface area contributed by atoms with Crippen LogP contribution in [0.2, 0.25) is 5.02 Å². The van der Waals surface area contributed by atoms with Crippen LogP contribution in [0.15, 0.2) is 18.2 Å². The van der Waals surface area contributed by atoms with E-state index in [4.69, 9.17) is 21.1 Å². The molecule has 0 amide bonds. The minimum absolute atomic E-state index is 0.0683. The molecule has 1 aromatic rings. The lowest BCUT2D eigenvalue weighted by molar-refractivity contribution is 0.0458. The summed E-state index contributed by atoms with van der Waals surface area (Å²) in [5.41, 5.74) is 0.209. The molecule has 0 aliphatic carbocycles. The van der Waals surface area contributed by atoms with Crippen LogP contribution in [0.5, 0.6) is 0 Å². The van der Waals surface area contributed by atoms with Crippen LogP contribution in [0.1, 0.15) is 47.4 Å². The smallest absolute Gasteiger partial charge is 0.340 e. The van der Waals surface area contributed by atoms with Gasteiger partial charge in [-0.1, -0.05) is 31.5 Å². The molecule has 0 atom stereocenters. The number of hydrogen-bond acceptors (Lipinski definition) is 4. The Bertz CT molecular complexity index is 457. The molecule has 0 aromatic heterocycles. The van der Waals surface area contributed by atoms with Crippen molar-refractivity contribution in [3.05, 3.63) is 34.3 Å². The first-order valence-corrected chi connectivity index (χ1v) is 6.62. The maximum Gasteiger partial charge on any atom is 0.340 e. The van der Waals surface area contributed by atoms with Crippen LogP contribution in [0.4, 0.5) is 0 Å². The average molecular weight is 285 g/mol. The summed E-state index contributed by atoms with van der Waals surface area (Å²) in [4.78, 5) is 23.8. The fourth-order valence-electron chi connectivity index (χ4n) is 1.44. The first-order chi connectivity index (χ1) is 9.11. The molecule has 0 N–H and O–H groups in total. The zero-order valence-corrected chi connectivity index (χ0v) is 11.8. The number of benzene rings is 1. The second-order valence-electron chi connectivity index (χ2n) is 3.93. The number of carbonyl (C=O) groups excluding carboxylic acids is 2. The fraction of sp³-hybridized carbons (Fsp3) is 0.429. The molecule has 5 heteroatoms. The highest BCUT2D eigenvalue weighted by Crippen LogP contribution is 2.22. The van der Waals surface area contributed by atoms with Gasteiger partial charge >= 0.3 is 11.9 Å². The molecular formula is C14H17ClO4. The molecule has 0 radical (unpaired) electrons. The normalized spacial score (nSPS) is 10.1. The Kier molecular flexibility index (Phi) is 6.36. The highest BCUT2D eigenvalue weighted by atomic mass is 35.5. The molecule has 0 aliphatic rings. The monoisotopic (exact) mass is 284 g/mol. The van der Waals surface area contributed by atoms with E-state index in [-0.39, 0.29) is 22.8 Å². The van der Waals surface area contributed by atoms with Gasteiger partial charge in [-0.25, -0.2) is 9.59 Å². The van der Waals surface area contributed by atoms with E-state index in [1.165, 1.54) is 6.07 Å².